The minimum Gasteiger partial charge on any atom is -0.497 e. The number of benzene rings is 1. The van der Waals surface area contributed by atoms with Crippen LogP contribution in [0.4, 0.5) is 0 Å². The van der Waals surface area contributed by atoms with Gasteiger partial charge in [0.15, 0.2) is 5.96 Å². The largest absolute Gasteiger partial charge is 0.497 e. The highest BCUT2D eigenvalue weighted by Gasteiger charge is 2.24. The van der Waals surface area contributed by atoms with Crippen molar-refractivity contribution >= 4 is 5.96 Å². The van der Waals surface area contributed by atoms with Gasteiger partial charge in [0.25, 0.3) is 0 Å². The molecule has 7 heteroatoms. The Morgan fingerprint density at radius 3 is 2.81 bits per heavy atom. The predicted octanol–water partition coefficient (Wildman–Crippen LogP) is 1.89. The van der Waals surface area contributed by atoms with E-state index in [1.165, 1.54) is 18.4 Å². The molecule has 2 heterocycles. The topological polar surface area (TPSA) is 66.7 Å². The number of ether oxygens (including phenoxy) is 1. The van der Waals surface area contributed by atoms with Gasteiger partial charge in [-0.25, -0.2) is 0 Å². The van der Waals surface area contributed by atoms with Gasteiger partial charge in [0.2, 0.25) is 0 Å². The lowest BCUT2D eigenvalue weighted by Crippen LogP contribution is -2.43. The van der Waals surface area contributed by atoms with Crippen molar-refractivity contribution in [2.45, 2.75) is 25.4 Å². The van der Waals surface area contributed by atoms with Crippen LogP contribution in [-0.2, 0) is 6.54 Å². The van der Waals surface area contributed by atoms with Gasteiger partial charge < -0.3 is 15.4 Å². The molecule has 7 nitrogen and oxygen atoms in total. The number of methoxy groups -OCH3 is 1. The molecule has 1 aliphatic rings. The van der Waals surface area contributed by atoms with Crippen LogP contribution in [0.15, 0.2) is 47.7 Å². The van der Waals surface area contributed by atoms with Gasteiger partial charge in [-0.1, -0.05) is 12.1 Å². The molecule has 0 radical (unpaired) electrons. The molecule has 1 unspecified atom stereocenters. The summed E-state index contributed by atoms with van der Waals surface area (Å²) in [6.45, 7) is 4.65. The third-order valence-electron chi connectivity index (χ3n) is 4.94. The van der Waals surface area contributed by atoms with Crippen molar-refractivity contribution in [2.24, 2.45) is 4.99 Å². The van der Waals surface area contributed by atoms with E-state index >= 15 is 0 Å². The van der Waals surface area contributed by atoms with E-state index in [2.05, 4.69) is 43.8 Å². The molecule has 0 amide bonds. The lowest BCUT2D eigenvalue weighted by Gasteiger charge is -2.29. The van der Waals surface area contributed by atoms with Gasteiger partial charge in [-0.05, 0) is 49.7 Å². The Kier molecular flexibility index (Phi) is 7.10. The van der Waals surface area contributed by atoms with Crippen LogP contribution in [0.3, 0.4) is 0 Å². The van der Waals surface area contributed by atoms with E-state index in [-0.39, 0.29) is 0 Å². The Morgan fingerprint density at radius 2 is 2.11 bits per heavy atom. The summed E-state index contributed by atoms with van der Waals surface area (Å²) in [5, 5.41) is 11.1. The first-order valence-electron chi connectivity index (χ1n) is 9.60. The van der Waals surface area contributed by atoms with Crippen molar-refractivity contribution in [1.82, 2.24) is 25.3 Å². The van der Waals surface area contributed by atoms with Gasteiger partial charge in [0.05, 0.1) is 19.7 Å². The summed E-state index contributed by atoms with van der Waals surface area (Å²) >= 11 is 0. The highest BCUT2D eigenvalue weighted by molar-refractivity contribution is 5.79. The van der Waals surface area contributed by atoms with Crippen LogP contribution in [0.1, 0.15) is 24.4 Å². The number of nitrogens with one attached hydrogen (secondary N) is 2. The summed E-state index contributed by atoms with van der Waals surface area (Å²) in [5.41, 5.74) is 1.27. The van der Waals surface area contributed by atoms with Crippen molar-refractivity contribution in [2.75, 3.05) is 40.3 Å². The highest BCUT2D eigenvalue weighted by Crippen LogP contribution is 2.27. The van der Waals surface area contributed by atoms with E-state index in [0.29, 0.717) is 6.04 Å². The minimum absolute atomic E-state index is 0.298. The van der Waals surface area contributed by atoms with Crippen LogP contribution in [0.2, 0.25) is 0 Å². The maximum absolute atomic E-state index is 5.42. The molecule has 0 bridgehead atoms. The van der Waals surface area contributed by atoms with Crippen LogP contribution >= 0.6 is 0 Å². The average Bonchev–Trinajstić information content (AvgIpc) is 3.41. The first-order chi connectivity index (χ1) is 13.3. The molecule has 3 rings (SSSR count). The van der Waals surface area contributed by atoms with Gasteiger partial charge in [-0.3, -0.25) is 14.6 Å². The molecule has 146 valence electrons. The summed E-state index contributed by atoms with van der Waals surface area (Å²) in [6, 6.07) is 10.6. The van der Waals surface area contributed by atoms with E-state index < -0.39 is 0 Å². The Labute approximate surface area is 161 Å². The molecule has 1 fully saturated rings. The summed E-state index contributed by atoms with van der Waals surface area (Å²) in [6.07, 6.45) is 6.28. The van der Waals surface area contributed by atoms with Crippen molar-refractivity contribution in [3.05, 3.63) is 48.3 Å². The third kappa shape index (κ3) is 5.47. The fraction of sp³-hybridized carbons (Fsp3) is 0.500. The molecule has 1 aliphatic heterocycles. The predicted molar refractivity (Wildman–Crippen MR) is 108 cm³/mol. The standard InChI is InChI=1S/C20H30N6O/c1-21-20(22-10-14-26-13-6-9-24-26)23-16-19(25-11-3-4-12-25)17-7-5-8-18(15-17)27-2/h5-9,13,15,19H,3-4,10-12,14,16H2,1-2H3,(H2,21,22,23). The van der Waals surface area contributed by atoms with Gasteiger partial charge in [-0.2, -0.15) is 5.10 Å². The lowest BCUT2D eigenvalue weighted by molar-refractivity contribution is 0.245. The van der Waals surface area contributed by atoms with Gasteiger partial charge in [0, 0.05) is 32.5 Å². The quantitative estimate of drug-likeness (QED) is 0.549. The summed E-state index contributed by atoms with van der Waals surface area (Å²) < 4.78 is 7.33. The van der Waals surface area contributed by atoms with E-state index in [4.69, 9.17) is 4.74 Å². The zero-order chi connectivity index (χ0) is 18.9. The van der Waals surface area contributed by atoms with E-state index in [0.717, 1.165) is 44.4 Å². The first kappa shape index (κ1) is 19.2. The number of nitrogens with zero attached hydrogens (tertiary/aromatic N) is 4. The minimum atomic E-state index is 0.298. The number of rotatable bonds is 8. The third-order valence-corrected chi connectivity index (χ3v) is 4.94. The zero-order valence-corrected chi connectivity index (χ0v) is 16.3. The van der Waals surface area contributed by atoms with Crippen molar-refractivity contribution in [3.8, 4) is 5.75 Å². The monoisotopic (exact) mass is 370 g/mol. The first-order valence-corrected chi connectivity index (χ1v) is 9.60. The van der Waals surface area contributed by atoms with Crippen LogP contribution in [0, 0.1) is 0 Å². The summed E-state index contributed by atoms with van der Waals surface area (Å²) in [5.74, 6) is 1.72. The van der Waals surface area contributed by atoms with Crippen LogP contribution in [-0.4, -0.2) is 61.0 Å². The molecule has 27 heavy (non-hydrogen) atoms. The summed E-state index contributed by atoms with van der Waals surface area (Å²) in [7, 11) is 3.52. The van der Waals surface area contributed by atoms with E-state index in [1.807, 2.05) is 23.0 Å². The Bertz CT molecular complexity index is 709. The molecule has 0 spiro atoms. The molecule has 0 aliphatic carbocycles. The van der Waals surface area contributed by atoms with Crippen molar-refractivity contribution in [1.29, 1.82) is 0 Å². The van der Waals surface area contributed by atoms with Crippen molar-refractivity contribution < 1.29 is 4.74 Å². The maximum atomic E-state index is 5.42. The molecular formula is C20H30N6O. The Morgan fingerprint density at radius 1 is 1.26 bits per heavy atom. The number of aromatic nitrogens is 2. The fourth-order valence-corrected chi connectivity index (χ4v) is 3.50. The van der Waals surface area contributed by atoms with Gasteiger partial charge in [-0.15, -0.1) is 0 Å². The molecule has 1 atom stereocenters. The SMILES string of the molecule is CN=C(NCCn1cccn1)NCC(c1cccc(OC)c1)N1CCCC1. The number of hydrogen-bond donors (Lipinski definition) is 2. The molecule has 1 saturated heterocycles. The zero-order valence-electron chi connectivity index (χ0n) is 16.3. The normalized spacial score (nSPS) is 16.3. The molecule has 1 aromatic heterocycles. The molecule has 0 saturated carbocycles. The van der Waals surface area contributed by atoms with E-state index in [9.17, 15) is 0 Å². The Hall–Kier alpha value is -2.54. The van der Waals surface area contributed by atoms with E-state index in [1.54, 1.807) is 20.4 Å². The highest BCUT2D eigenvalue weighted by atomic mass is 16.5. The lowest BCUT2D eigenvalue weighted by atomic mass is 10.1. The van der Waals surface area contributed by atoms with Gasteiger partial charge >= 0.3 is 0 Å². The van der Waals surface area contributed by atoms with Crippen LogP contribution in [0.25, 0.3) is 0 Å². The smallest absolute Gasteiger partial charge is 0.191 e. The molecular weight excluding hydrogens is 340 g/mol. The molecule has 1 aromatic carbocycles. The number of guanidine groups is 1. The number of aliphatic imine (C=N–C) groups is 1. The van der Waals surface area contributed by atoms with Crippen LogP contribution < -0.4 is 15.4 Å². The molecule has 2 N–H and O–H groups in total. The molecule has 2 aromatic rings. The maximum Gasteiger partial charge on any atom is 0.191 e. The van der Waals surface area contributed by atoms with Gasteiger partial charge in [0.1, 0.15) is 5.75 Å². The van der Waals surface area contributed by atoms with Crippen LogP contribution in [0.5, 0.6) is 5.75 Å². The second kappa shape index (κ2) is 9.97. The van der Waals surface area contributed by atoms with Crippen molar-refractivity contribution in [3.63, 3.8) is 0 Å². The number of hydrogen-bond acceptors (Lipinski definition) is 4. The summed E-state index contributed by atoms with van der Waals surface area (Å²) in [4.78, 5) is 6.89. The Balaban J connectivity index is 1.59. The number of likely N-dealkylation sites (tertiary alicyclic amines) is 1. The second-order valence-corrected chi connectivity index (χ2v) is 6.68. The average molecular weight is 371 g/mol. The second-order valence-electron chi connectivity index (χ2n) is 6.68. The fourth-order valence-electron chi connectivity index (χ4n) is 3.50.